The van der Waals surface area contributed by atoms with Crippen LogP contribution in [0.4, 0.5) is 10.5 Å². The molecule has 6 heteroatoms. The minimum atomic E-state index is -0.647. The smallest absolute Gasteiger partial charge is 0.407 e. The van der Waals surface area contributed by atoms with Gasteiger partial charge < -0.3 is 15.4 Å². The van der Waals surface area contributed by atoms with Gasteiger partial charge >= 0.3 is 6.09 Å². The van der Waals surface area contributed by atoms with Crippen molar-refractivity contribution >= 4 is 29.4 Å². The third kappa shape index (κ3) is 6.95. The number of alkyl carbamates (subject to hydrolysis) is 1. The molecule has 1 rings (SSSR count). The quantitative estimate of drug-likeness (QED) is 0.799. The van der Waals surface area contributed by atoms with Gasteiger partial charge in [-0.1, -0.05) is 34.6 Å². The SMILES string of the molecule is COC(=O)NC(C(=O)Nc1ccc(SC(C)(C)C)cc1)C(C)C. The van der Waals surface area contributed by atoms with E-state index >= 15 is 0 Å². The van der Waals surface area contributed by atoms with E-state index in [0.717, 1.165) is 4.90 Å². The van der Waals surface area contributed by atoms with Crippen LogP contribution in [0.15, 0.2) is 29.2 Å². The number of hydrogen-bond donors (Lipinski definition) is 2. The third-order valence-electron chi connectivity index (χ3n) is 2.95. The van der Waals surface area contributed by atoms with Crippen molar-refractivity contribution in [1.29, 1.82) is 0 Å². The lowest BCUT2D eigenvalue weighted by molar-refractivity contribution is -0.119. The largest absolute Gasteiger partial charge is 0.453 e. The van der Waals surface area contributed by atoms with Gasteiger partial charge in [-0.2, -0.15) is 0 Å². The second kappa shape index (κ2) is 8.24. The Morgan fingerprint density at radius 1 is 1.13 bits per heavy atom. The van der Waals surface area contributed by atoms with E-state index in [9.17, 15) is 9.59 Å². The van der Waals surface area contributed by atoms with Crippen LogP contribution in [-0.4, -0.2) is 29.9 Å². The molecule has 0 heterocycles. The number of carbonyl (C=O) groups excluding carboxylic acids is 2. The van der Waals surface area contributed by atoms with Crippen LogP contribution in [0.5, 0.6) is 0 Å². The van der Waals surface area contributed by atoms with Gasteiger partial charge in [-0.05, 0) is 30.2 Å². The second-order valence-corrected chi connectivity index (χ2v) is 8.49. The van der Waals surface area contributed by atoms with Crippen molar-refractivity contribution in [2.45, 2.75) is 50.3 Å². The number of methoxy groups -OCH3 is 1. The highest BCUT2D eigenvalue weighted by molar-refractivity contribution is 8.00. The molecule has 0 fully saturated rings. The van der Waals surface area contributed by atoms with Gasteiger partial charge in [0.05, 0.1) is 7.11 Å². The fourth-order valence-corrected chi connectivity index (χ4v) is 2.88. The number of hydrogen-bond acceptors (Lipinski definition) is 4. The van der Waals surface area contributed by atoms with E-state index < -0.39 is 12.1 Å². The Balaban J connectivity index is 2.73. The molecule has 23 heavy (non-hydrogen) atoms. The normalized spacial score (nSPS) is 12.7. The molecule has 0 aliphatic heterocycles. The van der Waals surface area contributed by atoms with Crippen LogP contribution in [0.3, 0.4) is 0 Å². The lowest BCUT2D eigenvalue weighted by Crippen LogP contribution is -2.47. The first kappa shape index (κ1) is 19.4. The van der Waals surface area contributed by atoms with E-state index in [0.29, 0.717) is 5.69 Å². The van der Waals surface area contributed by atoms with Crippen molar-refractivity contribution in [3.8, 4) is 0 Å². The molecule has 1 aromatic rings. The van der Waals surface area contributed by atoms with Crippen LogP contribution in [0.2, 0.25) is 0 Å². The molecular formula is C17H26N2O3S. The van der Waals surface area contributed by atoms with Gasteiger partial charge in [0.15, 0.2) is 0 Å². The van der Waals surface area contributed by atoms with Crippen LogP contribution in [0.25, 0.3) is 0 Å². The number of thioether (sulfide) groups is 1. The van der Waals surface area contributed by atoms with Crippen LogP contribution >= 0.6 is 11.8 Å². The molecule has 0 radical (unpaired) electrons. The number of ether oxygens (including phenoxy) is 1. The van der Waals surface area contributed by atoms with Crippen LogP contribution in [0.1, 0.15) is 34.6 Å². The predicted octanol–water partition coefficient (Wildman–Crippen LogP) is 3.90. The van der Waals surface area contributed by atoms with Crippen molar-refractivity contribution < 1.29 is 14.3 Å². The number of benzene rings is 1. The summed E-state index contributed by atoms with van der Waals surface area (Å²) in [6.45, 7) is 10.2. The Kier molecular flexibility index (Phi) is 6.94. The first-order valence-electron chi connectivity index (χ1n) is 7.57. The molecule has 0 saturated carbocycles. The molecule has 1 unspecified atom stereocenters. The summed E-state index contributed by atoms with van der Waals surface area (Å²) < 4.78 is 4.70. The van der Waals surface area contributed by atoms with Crippen LogP contribution < -0.4 is 10.6 Å². The molecule has 1 aromatic carbocycles. The highest BCUT2D eigenvalue weighted by atomic mass is 32.2. The fraction of sp³-hybridized carbons (Fsp3) is 0.529. The number of rotatable bonds is 5. The monoisotopic (exact) mass is 338 g/mol. The van der Waals surface area contributed by atoms with Crippen molar-refractivity contribution in [3.05, 3.63) is 24.3 Å². The number of anilines is 1. The van der Waals surface area contributed by atoms with E-state index in [1.54, 1.807) is 11.8 Å². The number of amides is 2. The van der Waals surface area contributed by atoms with E-state index in [-0.39, 0.29) is 16.6 Å². The lowest BCUT2D eigenvalue weighted by atomic mass is 10.0. The summed E-state index contributed by atoms with van der Waals surface area (Å²) in [4.78, 5) is 24.8. The van der Waals surface area contributed by atoms with Gasteiger partial charge in [0.2, 0.25) is 5.91 Å². The molecule has 0 spiro atoms. The zero-order valence-electron chi connectivity index (χ0n) is 14.6. The van der Waals surface area contributed by atoms with Crippen molar-refractivity contribution in [2.75, 3.05) is 12.4 Å². The highest BCUT2D eigenvalue weighted by Gasteiger charge is 2.24. The highest BCUT2D eigenvalue weighted by Crippen LogP contribution is 2.32. The molecule has 5 nitrogen and oxygen atoms in total. The van der Waals surface area contributed by atoms with Crippen molar-refractivity contribution in [2.24, 2.45) is 5.92 Å². The first-order chi connectivity index (χ1) is 10.6. The number of nitrogens with one attached hydrogen (secondary N) is 2. The second-order valence-electron chi connectivity index (χ2n) is 6.59. The lowest BCUT2D eigenvalue weighted by Gasteiger charge is -2.21. The van der Waals surface area contributed by atoms with Crippen molar-refractivity contribution in [1.82, 2.24) is 5.32 Å². The maximum absolute atomic E-state index is 12.3. The predicted molar refractivity (Wildman–Crippen MR) is 94.8 cm³/mol. The third-order valence-corrected chi connectivity index (χ3v) is 4.07. The Morgan fingerprint density at radius 3 is 2.13 bits per heavy atom. The molecule has 1 atom stereocenters. The topological polar surface area (TPSA) is 67.4 Å². The maximum Gasteiger partial charge on any atom is 0.407 e. The van der Waals surface area contributed by atoms with E-state index in [1.807, 2.05) is 38.1 Å². The summed E-state index contributed by atoms with van der Waals surface area (Å²) in [5.41, 5.74) is 0.700. The molecule has 2 N–H and O–H groups in total. The summed E-state index contributed by atoms with van der Waals surface area (Å²) in [6.07, 6.45) is -0.615. The van der Waals surface area contributed by atoms with E-state index in [2.05, 4.69) is 36.1 Å². The fourth-order valence-electron chi connectivity index (χ4n) is 1.90. The Hall–Kier alpha value is -1.69. The summed E-state index contributed by atoms with van der Waals surface area (Å²) >= 11 is 1.76. The molecule has 0 aliphatic rings. The Labute approximate surface area is 142 Å². The van der Waals surface area contributed by atoms with E-state index in [1.165, 1.54) is 7.11 Å². The molecule has 0 saturated heterocycles. The molecule has 0 bridgehead atoms. The van der Waals surface area contributed by atoms with Crippen molar-refractivity contribution in [3.63, 3.8) is 0 Å². The average molecular weight is 338 g/mol. The molecule has 128 valence electrons. The van der Waals surface area contributed by atoms with Gasteiger partial charge in [0, 0.05) is 15.3 Å². The Morgan fingerprint density at radius 2 is 1.70 bits per heavy atom. The summed E-state index contributed by atoms with van der Waals surface area (Å²) in [5.74, 6) is -0.313. The molecule has 0 aliphatic carbocycles. The van der Waals surface area contributed by atoms with Gasteiger partial charge in [0.1, 0.15) is 6.04 Å². The zero-order chi connectivity index (χ0) is 17.6. The maximum atomic E-state index is 12.3. The summed E-state index contributed by atoms with van der Waals surface area (Å²) in [6, 6.07) is 7.03. The number of carbonyl (C=O) groups is 2. The van der Waals surface area contributed by atoms with Gasteiger partial charge in [0.25, 0.3) is 0 Å². The summed E-state index contributed by atoms with van der Waals surface area (Å²) in [7, 11) is 1.27. The molecular weight excluding hydrogens is 312 g/mol. The minimum Gasteiger partial charge on any atom is -0.453 e. The standard InChI is InChI=1S/C17H26N2O3S/c1-11(2)14(19-16(21)22-6)15(20)18-12-7-9-13(10-8-12)23-17(3,4)5/h7-11,14H,1-6H3,(H,18,20)(H,19,21). The van der Waals surface area contributed by atoms with Gasteiger partial charge in [-0.3, -0.25) is 4.79 Å². The van der Waals surface area contributed by atoms with Gasteiger partial charge in [-0.15, -0.1) is 11.8 Å². The summed E-state index contributed by atoms with van der Waals surface area (Å²) in [5, 5.41) is 5.38. The average Bonchev–Trinajstić information content (AvgIpc) is 2.44. The zero-order valence-corrected chi connectivity index (χ0v) is 15.4. The van der Waals surface area contributed by atoms with Crippen LogP contribution in [-0.2, 0) is 9.53 Å². The van der Waals surface area contributed by atoms with Gasteiger partial charge in [-0.25, -0.2) is 4.79 Å². The molecule has 0 aromatic heterocycles. The Bertz CT molecular complexity index is 536. The van der Waals surface area contributed by atoms with Crippen LogP contribution in [0, 0.1) is 5.92 Å². The minimum absolute atomic E-state index is 0.0511. The van der Waals surface area contributed by atoms with E-state index in [4.69, 9.17) is 0 Å². The first-order valence-corrected chi connectivity index (χ1v) is 8.38. The molecule has 2 amide bonds.